The molecule has 0 aromatic heterocycles. The van der Waals surface area contributed by atoms with Gasteiger partial charge in [0.05, 0.1) is 7.11 Å². The molecule has 0 bridgehead atoms. The van der Waals surface area contributed by atoms with Gasteiger partial charge in [0.2, 0.25) is 0 Å². The van der Waals surface area contributed by atoms with Crippen LogP contribution in [0.5, 0.6) is 11.5 Å². The molecular formula is C21H23NO2S. The minimum absolute atomic E-state index is 0.706. The van der Waals surface area contributed by atoms with E-state index >= 15 is 0 Å². The number of fused-ring (bicyclic) bond motifs is 3. The smallest absolute Gasteiger partial charge is 0.142 e. The molecule has 0 fully saturated rings. The van der Waals surface area contributed by atoms with E-state index < -0.39 is 0 Å². The number of nitrogens with zero attached hydrogens (tertiary/aromatic N) is 1. The van der Waals surface area contributed by atoms with Crippen LogP contribution in [0.1, 0.15) is 30.0 Å². The fourth-order valence-corrected chi connectivity index (χ4v) is 4.62. The zero-order valence-corrected chi connectivity index (χ0v) is 15.6. The highest BCUT2D eigenvalue weighted by atomic mass is 32.2. The minimum atomic E-state index is 0.706. The summed E-state index contributed by atoms with van der Waals surface area (Å²) in [5.74, 6) is 2.94. The first-order chi connectivity index (χ1) is 12.3. The van der Waals surface area contributed by atoms with E-state index in [0.717, 1.165) is 36.8 Å². The lowest BCUT2D eigenvalue weighted by Gasteiger charge is -2.31. The van der Waals surface area contributed by atoms with Gasteiger partial charge in [0.1, 0.15) is 18.2 Å². The summed E-state index contributed by atoms with van der Waals surface area (Å²) in [4.78, 5) is 3.77. The average Bonchev–Trinajstić information content (AvgIpc) is 2.68. The van der Waals surface area contributed by atoms with E-state index in [1.807, 2.05) is 23.9 Å². The standard InChI is InChI=1S/C21H23NO2S/c1-3-10-22-12-19-20(24-14-22)9-6-16-11-17(13-25-21(16)19)15-4-7-18(23-2)8-5-15/h4-9,11H,3,10,12-14H2,1-2H3. The summed E-state index contributed by atoms with van der Waals surface area (Å²) in [5.41, 5.74) is 5.29. The molecule has 0 atom stereocenters. The molecule has 2 aromatic carbocycles. The van der Waals surface area contributed by atoms with Crippen molar-refractivity contribution in [3.63, 3.8) is 0 Å². The van der Waals surface area contributed by atoms with Crippen molar-refractivity contribution in [3.05, 3.63) is 53.1 Å². The van der Waals surface area contributed by atoms with Crippen LogP contribution < -0.4 is 9.47 Å². The molecule has 0 saturated carbocycles. The molecule has 0 N–H and O–H groups in total. The summed E-state index contributed by atoms with van der Waals surface area (Å²) >= 11 is 1.93. The Hall–Kier alpha value is -1.91. The van der Waals surface area contributed by atoms with Crippen molar-refractivity contribution in [2.75, 3.05) is 26.1 Å². The number of ether oxygens (including phenoxy) is 2. The normalized spacial score (nSPS) is 16.5. The Morgan fingerprint density at radius 2 is 2.00 bits per heavy atom. The van der Waals surface area contributed by atoms with Gasteiger partial charge in [0, 0.05) is 29.3 Å². The highest BCUT2D eigenvalue weighted by molar-refractivity contribution is 8.00. The molecule has 2 aromatic rings. The number of rotatable bonds is 4. The molecule has 0 radical (unpaired) electrons. The lowest BCUT2D eigenvalue weighted by Crippen LogP contribution is -2.33. The number of benzene rings is 2. The zero-order chi connectivity index (χ0) is 17.2. The van der Waals surface area contributed by atoms with E-state index in [1.165, 1.54) is 27.2 Å². The summed E-state index contributed by atoms with van der Waals surface area (Å²) in [6.07, 6.45) is 3.48. The maximum absolute atomic E-state index is 5.97. The first kappa shape index (κ1) is 16.6. The van der Waals surface area contributed by atoms with Gasteiger partial charge in [-0.15, -0.1) is 11.8 Å². The summed E-state index contributed by atoms with van der Waals surface area (Å²) < 4.78 is 11.2. The van der Waals surface area contributed by atoms with Crippen molar-refractivity contribution in [2.24, 2.45) is 0 Å². The molecular weight excluding hydrogens is 330 g/mol. The average molecular weight is 353 g/mol. The van der Waals surface area contributed by atoms with Crippen LogP contribution in [0.3, 0.4) is 0 Å². The molecule has 0 amide bonds. The molecule has 2 aliphatic rings. The summed E-state index contributed by atoms with van der Waals surface area (Å²) in [5, 5.41) is 0. The molecule has 130 valence electrons. The third-order valence-electron chi connectivity index (χ3n) is 4.73. The van der Waals surface area contributed by atoms with Gasteiger partial charge in [-0.3, -0.25) is 4.90 Å². The van der Waals surface area contributed by atoms with Gasteiger partial charge < -0.3 is 9.47 Å². The Labute approximate surface area is 153 Å². The van der Waals surface area contributed by atoms with Gasteiger partial charge in [-0.25, -0.2) is 0 Å². The molecule has 0 aliphatic carbocycles. The molecule has 0 spiro atoms. The maximum Gasteiger partial charge on any atom is 0.142 e. The third kappa shape index (κ3) is 3.29. The fourth-order valence-electron chi connectivity index (χ4n) is 3.44. The Kier molecular flexibility index (Phi) is 4.73. The molecule has 4 rings (SSSR count). The number of hydrogen-bond donors (Lipinski definition) is 0. The highest BCUT2D eigenvalue weighted by Crippen LogP contribution is 2.42. The molecule has 2 aliphatic heterocycles. The SMILES string of the molecule is CCCN1COc2ccc3c(c2C1)SCC(c1ccc(OC)cc1)=C3. The Balaban J connectivity index is 1.65. The fraction of sp³-hybridized carbons (Fsp3) is 0.333. The topological polar surface area (TPSA) is 21.7 Å². The largest absolute Gasteiger partial charge is 0.497 e. The predicted molar refractivity (Wildman–Crippen MR) is 104 cm³/mol. The van der Waals surface area contributed by atoms with Crippen LogP contribution in [-0.4, -0.2) is 31.0 Å². The van der Waals surface area contributed by atoms with Gasteiger partial charge in [0.25, 0.3) is 0 Å². The van der Waals surface area contributed by atoms with Crippen LogP contribution in [0.2, 0.25) is 0 Å². The molecule has 25 heavy (non-hydrogen) atoms. The van der Waals surface area contributed by atoms with E-state index in [4.69, 9.17) is 9.47 Å². The Morgan fingerprint density at radius 1 is 1.16 bits per heavy atom. The summed E-state index contributed by atoms with van der Waals surface area (Å²) in [7, 11) is 1.70. The van der Waals surface area contributed by atoms with Crippen LogP contribution in [0.15, 0.2) is 41.3 Å². The minimum Gasteiger partial charge on any atom is -0.497 e. The highest BCUT2D eigenvalue weighted by Gasteiger charge is 2.24. The molecule has 0 saturated heterocycles. The van der Waals surface area contributed by atoms with Crippen LogP contribution in [-0.2, 0) is 6.54 Å². The molecule has 0 unspecified atom stereocenters. The van der Waals surface area contributed by atoms with E-state index in [0.29, 0.717) is 6.73 Å². The van der Waals surface area contributed by atoms with Crippen molar-refractivity contribution in [2.45, 2.75) is 24.8 Å². The molecule has 2 heterocycles. The second-order valence-electron chi connectivity index (χ2n) is 6.47. The second kappa shape index (κ2) is 7.14. The van der Waals surface area contributed by atoms with Gasteiger partial charge in [-0.1, -0.05) is 25.1 Å². The lowest BCUT2D eigenvalue weighted by atomic mass is 10.0. The van der Waals surface area contributed by atoms with E-state index in [2.05, 4.69) is 42.2 Å². The van der Waals surface area contributed by atoms with Crippen LogP contribution >= 0.6 is 11.8 Å². The zero-order valence-electron chi connectivity index (χ0n) is 14.7. The van der Waals surface area contributed by atoms with Gasteiger partial charge >= 0.3 is 0 Å². The van der Waals surface area contributed by atoms with E-state index in [1.54, 1.807) is 7.11 Å². The summed E-state index contributed by atoms with van der Waals surface area (Å²) in [6.45, 7) is 5.00. The Morgan fingerprint density at radius 3 is 2.76 bits per heavy atom. The number of hydrogen-bond acceptors (Lipinski definition) is 4. The van der Waals surface area contributed by atoms with Crippen LogP contribution in [0.25, 0.3) is 11.6 Å². The number of thioether (sulfide) groups is 1. The third-order valence-corrected chi connectivity index (χ3v) is 5.96. The van der Waals surface area contributed by atoms with Gasteiger partial charge in [0.15, 0.2) is 0 Å². The quantitative estimate of drug-likeness (QED) is 0.779. The van der Waals surface area contributed by atoms with E-state index in [9.17, 15) is 0 Å². The van der Waals surface area contributed by atoms with Gasteiger partial charge in [-0.2, -0.15) is 0 Å². The van der Waals surface area contributed by atoms with Crippen LogP contribution in [0.4, 0.5) is 0 Å². The van der Waals surface area contributed by atoms with Crippen molar-refractivity contribution in [1.29, 1.82) is 0 Å². The maximum atomic E-state index is 5.97. The predicted octanol–water partition coefficient (Wildman–Crippen LogP) is 4.90. The van der Waals surface area contributed by atoms with Gasteiger partial charge in [-0.05, 0) is 47.4 Å². The summed E-state index contributed by atoms with van der Waals surface area (Å²) in [6, 6.07) is 12.7. The van der Waals surface area contributed by atoms with Crippen molar-refractivity contribution < 1.29 is 9.47 Å². The monoisotopic (exact) mass is 353 g/mol. The molecule has 4 heteroatoms. The van der Waals surface area contributed by atoms with Crippen molar-refractivity contribution in [1.82, 2.24) is 4.90 Å². The number of methoxy groups -OCH3 is 1. The van der Waals surface area contributed by atoms with Crippen molar-refractivity contribution >= 4 is 23.4 Å². The first-order valence-electron chi connectivity index (χ1n) is 8.77. The Bertz CT molecular complexity index is 798. The van der Waals surface area contributed by atoms with E-state index in [-0.39, 0.29) is 0 Å². The van der Waals surface area contributed by atoms with Crippen molar-refractivity contribution in [3.8, 4) is 11.5 Å². The van der Waals surface area contributed by atoms with Crippen LogP contribution in [0, 0.1) is 0 Å². The lowest BCUT2D eigenvalue weighted by molar-refractivity contribution is 0.0938. The first-order valence-corrected chi connectivity index (χ1v) is 9.76. The molecule has 3 nitrogen and oxygen atoms in total. The second-order valence-corrected chi connectivity index (χ2v) is 7.46.